The smallest absolute Gasteiger partial charge is 0.346 e. The fourth-order valence-electron chi connectivity index (χ4n) is 1.24. The van der Waals surface area contributed by atoms with Crippen LogP contribution in [-0.2, 0) is 9.53 Å². The van der Waals surface area contributed by atoms with Gasteiger partial charge in [-0.05, 0) is 29.5 Å². The van der Waals surface area contributed by atoms with E-state index in [9.17, 15) is 9.18 Å². The van der Waals surface area contributed by atoms with Gasteiger partial charge < -0.3 is 9.64 Å². The summed E-state index contributed by atoms with van der Waals surface area (Å²) in [6, 6.07) is 0. The first-order valence-corrected chi connectivity index (χ1v) is 6.43. The Balaban J connectivity index is 5.47. The van der Waals surface area contributed by atoms with E-state index in [1.807, 2.05) is 0 Å². The average Bonchev–Trinajstić information content (AvgIpc) is 2.15. The molecule has 1 atom stereocenters. The summed E-state index contributed by atoms with van der Waals surface area (Å²) in [6.45, 7) is 1.99. The van der Waals surface area contributed by atoms with Gasteiger partial charge in [-0.15, -0.1) is 0 Å². The topological polar surface area (TPSA) is 32.5 Å². The van der Waals surface area contributed by atoms with Gasteiger partial charge in [0.05, 0.1) is 6.61 Å². The monoisotopic (exact) mass is 357 g/mol. The predicted octanol–water partition coefficient (Wildman–Crippen LogP) is 1.44. The van der Waals surface area contributed by atoms with Gasteiger partial charge in [-0.25, -0.2) is 13.8 Å². The lowest BCUT2D eigenvalue weighted by atomic mass is 10.1. The van der Waals surface area contributed by atoms with E-state index in [2.05, 4.69) is 0 Å². The molecule has 0 aromatic carbocycles. The summed E-state index contributed by atoms with van der Waals surface area (Å²) in [6.07, 6.45) is 1.57. The molecule has 0 radical (unpaired) electrons. The summed E-state index contributed by atoms with van der Waals surface area (Å²) >= 11 is 1.63. The van der Waals surface area contributed by atoms with Gasteiger partial charge in [0.2, 0.25) is 9.89 Å². The van der Waals surface area contributed by atoms with E-state index in [1.165, 1.54) is 0 Å². The highest BCUT2D eigenvalue weighted by atomic mass is 127. The van der Waals surface area contributed by atoms with Crippen LogP contribution in [0.4, 0.5) is 4.39 Å². The molecule has 0 spiro atoms. The summed E-state index contributed by atoms with van der Waals surface area (Å²) < 4.78 is 18.8. The molecule has 0 saturated heterocycles. The molecule has 0 aromatic heterocycles. The molecule has 4 nitrogen and oxygen atoms in total. The molecule has 6 heteroatoms. The number of alkyl halides is 2. The number of halogens is 2. The Morgan fingerprint density at radius 1 is 1.53 bits per heavy atom. The highest BCUT2D eigenvalue weighted by molar-refractivity contribution is 14.1. The van der Waals surface area contributed by atoms with Crippen LogP contribution in [0.15, 0.2) is 11.8 Å². The molecular weight excluding hydrogens is 338 g/mol. The molecule has 17 heavy (non-hydrogen) atoms. The third kappa shape index (κ3) is 5.47. The largest absolute Gasteiger partial charge is 0.462 e. The summed E-state index contributed by atoms with van der Waals surface area (Å²) in [4.78, 5) is 13.5. The van der Waals surface area contributed by atoms with Gasteiger partial charge in [0.15, 0.2) is 0 Å². The second kappa shape index (κ2) is 7.62. The van der Waals surface area contributed by atoms with Gasteiger partial charge in [-0.1, -0.05) is 0 Å². The van der Waals surface area contributed by atoms with Crippen LogP contribution in [0.2, 0.25) is 0 Å². The van der Waals surface area contributed by atoms with Crippen molar-refractivity contribution in [2.75, 3.05) is 34.8 Å². The van der Waals surface area contributed by atoms with Crippen molar-refractivity contribution < 1.29 is 18.5 Å². The van der Waals surface area contributed by atoms with Crippen LogP contribution in [0.1, 0.15) is 6.92 Å². The predicted molar refractivity (Wildman–Crippen MR) is 74.4 cm³/mol. The zero-order valence-corrected chi connectivity index (χ0v) is 13.0. The van der Waals surface area contributed by atoms with Crippen molar-refractivity contribution in [3.05, 3.63) is 11.8 Å². The lowest BCUT2D eigenvalue weighted by Gasteiger charge is -2.12. The van der Waals surface area contributed by atoms with Crippen LogP contribution in [0.25, 0.3) is 0 Å². The first kappa shape index (κ1) is 16.3. The number of carbonyl (C=O) groups excluding carboxylic acids is 1. The molecule has 0 heterocycles. The molecule has 0 saturated carbocycles. The number of carbonyl (C=O) groups is 1. The van der Waals surface area contributed by atoms with E-state index in [0.29, 0.717) is 5.71 Å². The SMILES string of the molecule is CCOC(=O)/C(=C/N(C)C)C(C(F)I)=[N+](C)C. The second-order valence-electron chi connectivity index (χ2n) is 3.81. The number of esters is 1. The highest BCUT2D eigenvalue weighted by Gasteiger charge is 2.30. The molecule has 0 aliphatic rings. The maximum atomic E-state index is 13.6. The number of hydrogen-bond acceptors (Lipinski definition) is 3. The molecule has 1 unspecified atom stereocenters. The van der Waals surface area contributed by atoms with Crippen LogP contribution in [-0.4, -0.2) is 60.1 Å². The fourth-order valence-corrected chi connectivity index (χ4v) is 2.14. The standard InChI is InChI=1S/C11H19FIN2O2/c1-6-17-11(16)8(7-14(2)3)9(10(12)13)15(4)5/h7,10H,6H2,1-5H3/q+1. The molecule has 0 bridgehead atoms. The first-order valence-electron chi connectivity index (χ1n) is 5.19. The summed E-state index contributed by atoms with van der Waals surface area (Å²) in [5, 5.41) is 0. The second-order valence-corrected chi connectivity index (χ2v) is 4.90. The highest BCUT2D eigenvalue weighted by Crippen LogP contribution is 2.14. The normalized spacial score (nSPS) is 13.0. The van der Waals surface area contributed by atoms with Crippen molar-refractivity contribution >= 4 is 34.3 Å². The van der Waals surface area contributed by atoms with E-state index in [-0.39, 0.29) is 12.2 Å². The van der Waals surface area contributed by atoms with Gasteiger partial charge in [0, 0.05) is 20.3 Å². The molecule has 0 N–H and O–H groups in total. The molecule has 0 aliphatic heterocycles. The Morgan fingerprint density at radius 2 is 2.06 bits per heavy atom. The Hall–Kier alpha value is -0.660. The zero-order valence-electron chi connectivity index (χ0n) is 10.8. The number of rotatable bonds is 5. The van der Waals surface area contributed by atoms with Crippen molar-refractivity contribution in [2.45, 2.75) is 11.1 Å². The summed E-state index contributed by atoms with van der Waals surface area (Å²) in [5.74, 6) is -0.510. The third-order valence-electron chi connectivity index (χ3n) is 1.85. The van der Waals surface area contributed by atoms with Crippen LogP contribution < -0.4 is 0 Å². The van der Waals surface area contributed by atoms with E-state index < -0.39 is 10.1 Å². The van der Waals surface area contributed by atoms with Crippen molar-refractivity contribution in [2.24, 2.45) is 0 Å². The van der Waals surface area contributed by atoms with E-state index in [1.54, 1.807) is 73.4 Å². The van der Waals surface area contributed by atoms with Gasteiger partial charge in [-0.3, -0.25) is 0 Å². The summed E-state index contributed by atoms with van der Waals surface area (Å²) in [7, 11) is 6.94. The van der Waals surface area contributed by atoms with E-state index in [4.69, 9.17) is 4.74 Å². The molecule has 98 valence electrons. The molecular formula is C11H19FIN2O2+. The number of nitrogens with zero attached hydrogens (tertiary/aromatic N) is 2. The molecule has 0 rings (SSSR count). The van der Waals surface area contributed by atoms with Crippen LogP contribution in [0.3, 0.4) is 0 Å². The fraction of sp³-hybridized carbons (Fsp3) is 0.636. The Labute approximate surface area is 115 Å². The van der Waals surface area contributed by atoms with Gasteiger partial charge in [-0.2, -0.15) is 0 Å². The van der Waals surface area contributed by atoms with E-state index >= 15 is 0 Å². The average molecular weight is 357 g/mol. The van der Waals surface area contributed by atoms with Crippen LogP contribution in [0, 0.1) is 0 Å². The van der Waals surface area contributed by atoms with Gasteiger partial charge in [0.1, 0.15) is 19.7 Å². The number of hydrogen-bond donors (Lipinski definition) is 0. The molecule has 0 aromatic rings. The van der Waals surface area contributed by atoms with Crippen molar-refractivity contribution in [3.8, 4) is 0 Å². The molecule has 0 fully saturated rings. The quantitative estimate of drug-likeness (QED) is 0.186. The summed E-state index contributed by atoms with van der Waals surface area (Å²) in [5.41, 5.74) is 0.543. The van der Waals surface area contributed by atoms with Crippen molar-refractivity contribution in [1.82, 2.24) is 4.90 Å². The Kier molecular flexibility index (Phi) is 7.33. The Morgan fingerprint density at radius 3 is 2.35 bits per heavy atom. The minimum Gasteiger partial charge on any atom is -0.462 e. The number of ether oxygens (including phenoxy) is 1. The molecule has 0 aliphatic carbocycles. The maximum absolute atomic E-state index is 13.6. The lowest BCUT2D eigenvalue weighted by Crippen LogP contribution is -2.29. The van der Waals surface area contributed by atoms with Crippen molar-refractivity contribution in [3.63, 3.8) is 0 Å². The minimum atomic E-state index is -1.27. The molecule has 0 amide bonds. The lowest BCUT2D eigenvalue weighted by molar-refractivity contribution is -0.465. The minimum absolute atomic E-state index is 0.240. The maximum Gasteiger partial charge on any atom is 0.346 e. The van der Waals surface area contributed by atoms with Gasteiger partial charge in [0.25, 0.3) is 0 Å². The van der Waals surface area contributed by atoms with Crippen LogP contribution in [0.5, 0.6) is 0 Å². The van der Waals surface area contributed by atoms with Crippen LogP contribution >= 0.6 is 22.6 Å². The van der Waals surface area contributed by atoms with E-state index in [0.717, 1.165) is 0 Å². The van der Waals surface area contributed by atoms with Crippen molar-refractivity contribution in [1.29, 1.82) is 0 Å². The first-order chi connectivity index (χ1) is 7.81. The zero-order chi connectivity index (χ0) is 13.6. The van der Waals surface area contributed by atoms with Gasteiger partial charge >= 0.3 is 5.97 Å². The Bertz CT molecular complexity index is 334. The third-order valence-corrected chi connectivity index (χ3v) is 2.44.